The average molecular weight is 661 g/mol. The van der Waals surface area contributed by atoms with Gasteiger partial charge in [0.05, 0.1) is 11.4 Å². The third kappa shape index (κ3) is 5.12. The molecule has 10 rings (SSSR count). The Kier molecular flexibility index (Phi) is 7.18. The van der Waals surface area contributed by atoms with Crippen LogP contribution in [-0.4, -0.2) is 9.97 Å². The number of aromatic nitrogens is 2. The summed E-state index contributed by atoms with van der Waals surface area (Å²) in [6, 6.07) is 69.2. The van der Waals surface area contributed by atoms with Crippen molar-refractivity contribution in [1.82, 2.24) is 9.97 Å². The minimum absolute atomic E-state index is 0.703. The lowest BCUT2D eigenvalue weighted by atomic mass is 9.87. The van der Waals surface area contributed by atoms with Gasteiger partial charge in [-0.15, -0.1) is 0 Å². The van der Waals surface area contributed by atoms with Crippen LogP contribution >= 0.6 is 0 Å². The van der Waals surface area contributed by atoms with Gasteiger partial charge in [-0.05, 0) is 83.5 Å². The predicted molar refractivity (Wildman–Crippen MR) is 219 cm³/mol. The first kappa shape index (κ1) is 30.0. The van der Waals surface area contributed by atoms with Crippen LogP contribution in [0.2, 0.25) is 0 Å². The molecule has 0 spiro atoms. The minimum atomic E-state index is 0.703. The van der Waals surface area contributed by atoms with Crippen LogP contribution < -0.4 is 0 Å². The number of hydrogen-bond donors (Lipinski definition) is 0. The lowest BCUT2D eigenvalue weighted by Crippen LogP contribution is -1.96. The van der Waals surface area contributed by atoms with Crippen molar-refractivity contribution >= 4 is 43.1 Å². The Morgan fingerprint density at radius 2 is 0.712 bits per heavy atom. The number of rotatable bonds is 5. The Morgan fingerprint density at radius 1 is 0.250 bits per heavy atom. The Bertz CT molecular complexity index is 2930. The Balaban J connectivity index is 1.13. The molecule has 0 saturated heterocycles. The van der Waals surface area contributed by atoms with Gasteiger partial charge >= 0.3 is 0 Å². The van der Waals surface area contributed by atoms with Gasteiger partial charge in [-0.2, -0.15) is 0 Å². The molecule has 0 N–H and O–H groups in total. The van der Waals surface area contributed by atoms with Crippen LogP contribution in [0.25, 0.3) is 99.2 Å². The molecule has 0 aliphatic heterocycles. The van der Waals surface area contributed by atoms with Gasteiger partial charge in [0.2, 0.25) is 0 Å². The molecule has 1 aromatic heterocycles. The predicted octanol–water partition coefficient (Wildman–Crippen LogP) is 13.4. The van der Waals surface area contributed by atoms with Crippen molar-refractivity contribution in [2.75, 3.05) is 0 Å². The van der Waals surface area contributed by atoms with Crippen molar-refractivity contribution in [2.45, 2.75) is 0 Å². The summed E-state index contributed by atoms with van der Waals surface area (Å²) in [7, 11) is 0. The van der Waals surface area contributed by atoms with Gasteiger partial charge in [0, 0.05) is 16.7 Å². The number of benzene rings is 9. The van der Waals surface area contributed by atoms with E-state index in [1.807, 2.05) is 12.1 Å². The van der Waals surface area contributed by atoms with Crippen LogP contribution in [0.3, 0.4) is 0 Å². The first-order chi connectivity index (χ1) is 25.8. The van der Waals surface area contributed by atoms with E-state index in [1.54, 1.807) is 0 Å². The quantitative estimate of drug-likeness (QED) is 0.172. The van der Waals surface area contributed by atoms with E-state index in [2.05, 4.69) is 182 Å². The van der Waals surface area contributed by atoms with E-state index in [-0.39, 0.29) is 0 Å². The second kappa shape index (κ2) is 12.5. The molecule has 52 heavy (non-hydrogen) atoms. The van der Waals surface area contributed by atoms with Crippen molar-refractivity contribution in [1.29, 1.82) is 0 Å². The minimum Gasteiger partial charge on any atom is -0.228 e. The summed E-state index contributed by atoms with van der Waals surface area (Å²) in [6.07, 6.45) is 0. The molecule has 0 aliphatic rings. The van der Waals surface area contributed by atoms with Crippen molar-refractivity contribution in [3.05, 3.63) is 194 Å². The molecule has 0 atom stereocenters. The van der Waals surface area contributed by atoms with Crippen molar-refractivity contribution < 1.29 is 0 Å². The first-order valence-electron chi connectivity index (χ1n) is 17.7. The van der Waals surface area contributed by atoms with Gasteiger partial charge in [0.15, 0.2) is 5.82 Å². The summed E-state index contributed by atoms with van der Waals surface area (Å²) in [4.78, 5) is 10.3. The lowest BCUT2D eigenvalue weighted by molar-refractivity contribution is 1.18. The van der Waals surface area contributed by atoms with Gasteiger partial charge in [-0.3, -0.25) is 0 Å². The van der Waals surface area contributed by atoms with Crippen LogP contribution in [0.4, 0.5) is 0 Å². The van der Waals surface area contributed by atoms with E-state index in [9.17, 15) is 0 Å². The van der Waals surface area contributed by atoms with E-state index >= 15 is 0 Å². The van der Waals surface area contributed by atoms with E-state index in [1.165, 1.54) is 54.2 Å². The maximum Gasteiger partial charge on any atom is 0.160 e. The molecule has 9 aromatic carbocycles. The third-order valence-electron chi connectivity index (χ3n) is 10.3. The van der Waals surface area contributed by atoms with Crippen LogP contribution in [0, 0.1) is 0 Å². The van der Waals surface area contributed by atoms with Gasteiger partial charge in [-0.25, -0.2) is 9.97 Å². The highest BCUT2D eigenvalue weighted by Crippen LogP contribution is 2.43. The van der Waals surface area contributed by atoms with Crippen molar-refractivity contribution in [2.24, 2.45) is 0 Å². The van der Waals surface area contributed by atoms with Crippen LogP contribution in [0.1, 0.15) is 0 Å². The normalized spacial score (nSPS) is 11.5. The van der Waals surface area contributed by atoms with Gasteiger partial charge in [0.25, 0.3) is 0 Å². The van der Waals surface area contributed by atoms with Gasteiger partial charge in [0.1, 0.15) is 0 Å². The maximum absolute atomic E-state index is 5.18. The van der Waals surface area contributed by atoms with Crippen LogP contribution in [0.5, 0.6) is 0 Å². The monoisotopic (exact) mass is 660 g/mol. The summed E-state index contributed by atoms with van der Waals surface area (Å²) >= 11 is 0. The highest BCUT2D eigenvalue weighted by molar-refractivity contribution is 6.33. The molecular formula is C50H32N2. The fraction of sp³-hybridized carbons (Fsp3) is 0. The maximum atomic E-state index is 5.18. The molecule has 0 radical (unpaired) electrons. The molecule has 0 saturated carbocycles. The molecule has 2 heteroatoms. The van der Waals surface area contributed by atoms with E-state index in [0.717, 1.165) is 39.2 Å². The fourth-order valence-corrected chi connectivity index (χ4v) is 7.77. The number of hydrogen-bond acceptors (Lipinski definition) is 2. The number of fused-ring (bicyclic) bond motifs is 8. The first-order valence-corrected chi connectivity index (χ1v) is 17.7. The molecule has 0 bridgehead atoms. The summed E-state index contributed by atoms with van der Waals surface area (Å²) < 4.78 is 0. The zero-order chi connectivity index (χ0) is 34.4. The van der Waals surface area contributed by atoms with E-state index < -0.39 is 0 Å². The highest BCUT2D eigenvalue weighted by atomic mass is 14.9. The topological polar surface area (TPSA) is 25.8 Å². The Morgan fingerprint density at radius 3 is 1.38 bits per heavy atom. The third-order valence-corrected chi connectivity index (χ3v) is 10.3. The highest BCUT2D eigenvalue weighted by Gasteiger charge is 2.16. The Labute approximate surface area is 302 Å². The second-order valence-electron chi connectivity index (χ2n) is 13.3. The molecule has 0 amide bonds. The summed E-state index contributed by atoms with van der Waals surface area (Å²) in [5.41, 5.74) is 9.60. The lowest BCUT2D eigenvalue weighted by Gasteiger charge is -2.16. The molecule has 1 heterocycles. The largest absolute Gasteiger partial charge is 0.228 e. The Hall–Kier alpha value is -6.90. The summed E-state index contributed by atoms with van der Waals surface area (Å²) in [5.74, 6) is 0.703. The molecule has 2 nitrogen and oxygen atoms in total. The standard InChI is InChI=1S/C50H32N2/c1-3-14-33(15-4-1)37-18-13-19-38(30-37)48-32-47(35-16-5-2-6-17-35)51-50(52-48)36-28-26-34(27-29-36)45-31-46-41-22-8-7-20-39(41)40-21-9-11-24-43(40)49(46)44-25-12-10-23-42(44)45/h1-32H. The molecule has 10 aromatic rings. The average Bonchev–Trinajstić information content (AvgIpc) is 3.24. The van der Waals surface area contributed by atoms with E-state index in [4.69, 9.17) is 9.97 Å². The van der Waals surface area contributed by atoms with Crippen LogP contribution in [-0.2, 0) is 0 Å². The van der Waals surface area contributed by atoms with Crippen molar-refractivity contribution in [3.8, 4) is 56.2 Å². The smallest absolute Gasteiger partial charge is 0.160 e. The summed E-state index contributed by atoms with van der Waals surface area (Å²) in [6.45, 7) is 0. The molecule has 0 fully saturated rings. The van der Waals surface area contributed by atoms with Gasteiger partial charge in [-0.1, -0.05) is 176 Å². The van der Waals surface area contributed by atoms with Gasteiger partial charge < -0.3 is 0 Å². The number of nitrogens with zero attached hydrogens (tertiary/aromatic N) is 2. The molecule has 242 valence electrons. The second-order valence-corrected chi connectivity index (χ2v) is 13.3. The SMILES string of the molecule is c1ccc(-c2cccc(-c3cc(-c4ccccc4)nc(-c4ccc(-c5cc6c7ccccc7c7ccccc7c6c6ccccc56)cc4)n3)c2)cc1. The van der Waals surface area contributed by atoms with Crippen molar-refractivity contribution in [3.63, 3.8) is 0 Å². The van der Waals surface area contributed by atoms with E-state index in [0.29, 0.717) is 5.82 Å². The molecular weight excluding hydrogens is 629 g/mol. The molecule has 0 unspecified atom stereocenters. The zero-order valence-electron chi connectivity index (χ0n) is 28.4. The molecule has 0 aliphatic carbocycles. The summed E-state index contributed by atoms with van der Waals surface area (Å²) in [5, 5.41) is 10.2. The zero-order valence-corrected chi connectivity index (χ0v) is 28.4. The fourth-order valence-electron chi connectivity index (χ4n) is 7.77. The van der Waals surface area contributed by atoms with Crippen LogP contribution in [0.15, 0.2) is 194 Å².